The summed E-state index contributed by atoms with van der Waals surface area (Å²) < 4.78 is 27.8. The van der Waals surface area contributed by atoms with Gasteiger partial charge < -0.3 is 20.1 Å². The molecule has 0 amide bonds. The van der Waals surface area contributed by atoms with Crippen LogP contribution in [0.2, 0.25) is 10.0 Å². The Bertz CT molecular complexity index is 1320. The van der Waals surface area contributed by atoms with Gasteiger partial charge in [-0.3, -0.25) is 0 Å². The number of anilines is 1. The van der Waals surface area contributed by atoms with Gasteiger partial charge in [0.2, 0.25) is 0 Å². The van der Waals surface area contributed by atoms with E-state index in [1.54, 1.807) is 6.07 Å². The number of nitrogens with zero attached hydrogens (tertiary/aromatic N) is 3. The van der Waals surface area contributed by atoms with Gasteiger partial charge in [-0.05, 0) is 38.1 Å². The average molecular weight is 478 g/mol. The van der Waals surface area contributed by atoms with Gasteiger partial charge in [0.25, 0.3) is 0 Å². The highest BCUT2D eigenvalue weighted by molar-refractivity contribution is 6.42. The Morgan fingerprint density at radius 2 is 2.03 bits per heavy atom. The lowest BCUT2D eigenvalue weighted by molar-refractivity contribution is 0.158. The van der Waals surface area contributed by atoms with Crippen LogP contribution in [-0.4, -0.2) is 42.2 Å². The monoisotopic (exact) mass is 477 g/mol. The van der Waals surface area contributed by atoms with Crippen molar-refractivity contribution >= 4 is 51.9 Å². The van der Waals surface area contributed by atoms with Gasteiger partial charge >= 0.3 is 5.69 Å². The maximum atomic E-state index is 14.9. The number of hydrogen-bond donors (Lipinski definition) is 2. The molecule has 2 aromatic carbocycles. The van der Waals surface area contributed by atoms with E-state index in [1.807, 2.05) is 0 Å². The number of benzene rings is 2. The predicted octanol–water partition coefficient (Wildman–Crippen LogP) is 4.06. The molecule has 2 N–H and O–H groups in total. The number of aromatic nitrogens is 2. The summed E-state index contributed by atoms with van der Waals surface area (Å²) in [5.74, 6) is 0.153. The molecule has 5 rings (SSSR count). The van der Waals surface area contributed by atoms with E-state index in [0.29, 0.717) is 28.1 Å². The van der Waals surface area contributed by atoms with E-state index in [4.69, 9.17) is 32.7 Å². The second kappa shape index (κ2) is 8.23. The quantitative estimate of drug-likeness (QED) is 0.550. The third-order valence-electron chi connectivity index (χ3n) is 5.51. The van der Waals surface area contributed by atoms with Crippen molar-refractivity contribution in [2.24, 2.45) is 4.99 Å². The lowest BCUT2D eigenvalue weighted by Gasteiger charge is -2.26. The summed E-state index contributed by atoms with van der Waals surface area (Å²) in [5.41, 5.74) is 0.0498. The molecule has 0 saturated carbocycles. The number of rotatable bonds is 4. The maximum absolute atomic E-state index is 14.9. The lowest BCUT2D eigenvalue weighted by Crippen LogP contribution is -2.34. The maximum Gasteiger partial charge on any atom is 0.354 e. The van der Waals surface area contributed by atoms with Crippen LogP contribution in [0.5, 0.6) is 11.5 Å². The Kier molecular flexibility index (Phi) is 5.40. The smallest absolute Gasteiger partial charge is 0.354 e. The molecule has 1 aromatic heterocycles. The summed E-state index contributed by atoms with van der Waals surface area (Å²) in [6, 6.07) is 4.52. The number of nitrogens with one attached hydrogen (secondary N) is 2. The van der Waals surface area contributed by atoms with Gasteiger partial charge in [0.1, 0.15) is 11.6 Å². The fourth-order valence-corrected chi connectivity index (χ4v) is 4.26. The van der Waals surface area contributed by atoms with Crippen molar-refractivity contribution in [2.45, 2.75) is 18.9 Å². The topological polar surface area (TPSA) is 89.8 Å². The molecule has 0 bridgehead atoms. The van der Waals surface area contributed by atoms with E-state index in [2.05, 4.69) is 20.6 Å². The van der Waals surface area contributed by atoms with Gasteiger partial charge in [0.05, 0.1) is 40.3 Å². The third-order valence-corrected chi connectivity index (χ3v) is 6.29. The molecule has 2 aliphatic rings. The molecule has 0 aliphatic carbocycles. The first-order valence-electron chi connectivity index (χ1n) is 9.97. The van der Waals surface area contributed by atoms with E-state index < -0.39 is 11.5 Å². The highest BCUT2D eigenvalue weighted by Crippen LogP contribution is 2.45. The van der Waals surface area contributed by atoms with E-state index in [1.165, 1.54) is 25.6 Å². The zero-order chi connectivity index (χ0) is 22.4. The molecule has 0 atom stereocenters. The molecule has 2 aliphatic heterocycles. The molecule has 0 radical (unpaired) electrons. The minimum atomic E-state index is -0.839. The van der Waals surface area contributed by atoms with Crippen LogP contribution < -0.4 is 25.8 Å². The van der Waals surface area contributed by atoms with E-state index in [9.17, 15) is 9.18 Å². The summed E-state index contributed by atoms with van der Waals surface area (Å²) in [5, 5.41) is 6.57. The van der Waals surface area contributed by atoms with Gasteiger partial charge in [-0.2, -0.15) is 4.98 Å². The predicted molar refractivity (Wildman–Crippen MR) is 122 cm³/mol. The number of hydrogen-bond acceptors (Lipinski definition) is 7. The first-order chi connectivity index (χ1) is 15.5. The average Bonchev–Trinajstić information content (AvgIpc) is 2.80. The SMILES string of the molecule is COc1cc2c3c(n(-c4ccc(Cl)c(Cl)c4F)c(=O)nc3c1OC1CCNCC1)N=CN2. The van der Waals surface area contributed by atoms with Gasteiger partial charge in [-0.15, -0.1) is 0 Å². The van der Waals surface area contributed by atoms with Gasteiger partial charge in [-0.1, -0.05) is 23.2 Å². The summed E-state index contributed by atoms with van der Waals surface area (Å²) in [4.78, 5) is 21.7. The van der Waals surface area contributed by atoms with Crippen molar-refractivity contribution in [3.63, 3.8) is 0 Å². The van der Waals surface area contributed by atoms with E-state index in [-0.39, 0.29) is 27.7 Å². The highest BCUT2D eigenvalue weighted by atomic mass is 35.5. The molecule has 11 heteroatoms. The van der Waals surface area contributed by atoms with E-state index >= 15 is 0 Å². The minimum absolute atomic E-state index is 0.0385. The Balaban J connectivity index is 1.78. The zero-order valence-electron chi connectivity index (χ0n) is 16.9. The number of methoxy groups -OCH3 is 1. The van der Waals surface area contributed by atoms with Crippen molar-refractivity contribution < 1.29 is 13.9 Å². The molecule has 3 heterocycles. The third kappa shape index (κ3) is 3.37. The number of aliphatic imine (C=N–C) groups is 1. The summed E-state index contributed by atoms with van der Waals surface area (Å²) in [6.45, 7) is 1.66. The zero-order valence-corrected chi connectivity index (χ0v) is 18.4. The van der Waals surface area contributed by atoms with E-state index in [0.717, 1.165) is 30.5 Å². The summed E-state index contributed by atoms with van der Waals surface area (Å²) in [7, 11) is 1.52. The van der Waals surface area contributed by atoms with Crippen molar-refractivity contribution in [3.8, 4) is 17.2 Å². The lowest BCUT2D eigenvalue weighted by atomic mass is 10.1. The second-order valence-corrected chi connectivity index (χ2v) is 8.18. The number of ether oxygens (including phenoxy) is 2. The summed E-state index contributed by atoms with van der Waals surface area (Å²) >= 11 is 11.9. The standard InChI is InChI=1S/C21H18Cl2FN5O3/c1-31-14-8-12-15-18(19(14)32-10-4-6-25-7-5-10)28-21(30)29(20(15)27-9-26-12)13-3-2-11(22)16(23)17(13)24/h2-3,8-10,25H,4-7H2,1H3,(H,26,27). The highest BCUT2D eigenvalue weighted by Gasteiger charge is 2.27. The van der Waals surface area contributed by atoms with Crippen molar-refractivity contribution in [2.75, 3.05) is 25.5 Å². The van der Waals surface area contributed by atoms with Gasteiger partial charge in [0.15, 0.2) is 23.1 Å². The molecule has 0 spiro atoms. The normalized spacial score (nSPS) is 15.6. The van der Waals surface area contributed by atoms with Crippen LogP contribution in [0.25, 0.3) is 16.6 Å². The van der Waals surface area contributed by atoms with Gasteiger partial charge in [-0.25, -0.2) is 18.7 Å². The molecule has 0 unspecified atom stereocenters. The van der Waals surface area contributed by atoms with Crippen LogP contribution in [0.4, 0.5) is 15.9 Å². The van der Waals surface area contributed by atoms with Gasteiger partial charge in [0, 0.05) is 6.07 Å². The molecular weight excluding hydrogens is 460 g/mol. The Morgan fingerprint density at radius 3 is 2.78 bits per heavy atom. The van der Waals surface area contributed by atoms with Crippen LogP contribution in [0, 0.1) is 5.82 Å². The van der Waals surface area contributed by atoms with Crippen molar-refractivity contribution in [1.29, 1.82) is 0 Å². The summed E-state index contributed by atoms with van der Waals surface area (Å²) in [6.07, 6.45) is 2.97. The molecule has 32 heavy (non-hydrogen) atoms. The van der Waals surface area contributed by atoms with Crippen molar-refractivity contribution in [1.82, 2.24) is 14.9 Å². The first-order valence-corrected chi connectivity index (χ1v) is 10.7. The minimum Gasteiger partial charge on any atom is -0.493 e. The molecular formula is C21H18Cl2FN5O3. The fourth-order valence-electron chi connectivity index (χ4n) is 3.96. The van der Waals surface area contributed by atoms with Crippen LogP contribution in [0.15, 0.2) is 28.0 Å². The second-order valence-electron chi connectivity index (χ2n) is 7.40. The van der Waals surface area contributed by atoms with Crippen LogP contribution in [0.1, 0.15) is 12.8 Å². The molecule has 1 saturated heterocycles. The van der Waals surface area contributed by atoms with Crippen molar-refractivity contribution in [3.05, 3.63) is 44.5 Å². The van der Waals surface area contributed by atoms with Crippen LogP contribution in [0.3, 0.4) is 0 Å². The number of halogens is 3. The fraction of sp³-hybridized carbons (Fsp3) is 0.286. The Morgan fingerprint density at radius 1 is 1.25 bits per heavy atom. The number of piperidine rings is 1. The first kappa shape index (κ1) is 21.0. The molecule has 3 aromatic rings. The van der Waals surface area contributed by atoms with Crippen LogP contribution >= 0.6 is 23.2 Å². The Hall–Kier alpha value is -2.88. The molecule has 166 valence electrons. The largest absolute Gasteiger partial charge is 0.493 e. The molecule has 8 nitrogen and oxygen atoms in total. The molecule has 1 fully saturated rings. The van der Waals surface area contributed by atoms with Crippen LogP contribution in [-0.2, 0) is 0 Å². The Labute approximate surface area is 192 Å².